The summed E-state index contributed by atoms with van der Waals surface area (Å²) in [6, 6.07) is 1.75. The Labute approximate surface area is 147 Å². The van der Waals surface area contributed by atoms with Gasteiger partial charge < -0.3 is 9.84 Å². The van der Waals surface area contributed by atoms with E-state index in [-0.39, 0.29) is 0 Å². The van der Waals surface area contributed by atoms with Crippen LogP contribution in [0.5, 0.6) is 5.75 Å². The summed E-state index contributed by atoms with van der Waals surface area (Å²) in [7, 11) is 0. The van der Waals surface area contributed by atoms with E-state index in [1.54, 1.807) is 6.07 Å². The third-order valence-electron chi connectivity index (χ3n) is 4.70. The van der Waals surface area contributed by atoms with E-state index < -0.39 is 5.97 Å². The van der Waals surface area contributed by atoms with E-state index in [9.17, 15) is 9.90 Å². The lowest BCUT2D eigenvalue weighted by atomic mass is 9.96. The van der Waals surface area contributed by atoms with Crippen molar-refractivity contribution in [3.63, 3.8) is 0 Å². The highest BCUT2D eigenvalue weighted by molar-refractivity contribution is 5.92. The Morgan fingerprint density at radius 1 is 1.00 bits per heavy atom. The van der Waals surface area contributed by atoms with Crippen LogP contribution in [0.1, 0.15) is 92.3 Å². The maximum absolute atomic E-state index is 11.5. The third-order valence-corrected chi connectivity index (χ3v) is 4.70. The molecule has 0 fully saturated rings. The number of benzene rings is 1. The van der Waals surface area contributed by atoms with Crippen molar-refractivity contribution >= 4 is 5.97 Å². The number of aryl methyl sites for hydroxylation is 1. The van der Waals surface area contributed by atoms with Gasteiger partial charge in [0.15, 0.2) is 0 Å². The first-order valence-electron chi connectivity index (χ1n) is 9.52. The van der Waals surface area contributed by atoms with Crippen LogP contribution in [-0.2, 0) is 6.42 Å². The van der Waals surface area contributed by atoms with Gasteiger partial charge in [-0.1, -0.05) is 58.8 Å². The summed E-state index contributed by atoms with van der Waals surface area (Å²) in [5.41, 5.74) is 3.51. The van der Waals surface area contributed by atoms with Gasteiger partial charge in [0.2, 0.25) is 0 Å². The summed E-state index contributed by atoms with van der Waals surface area (Å²) in [5.74, 6) is -0.345. The van der Waals surface area contributed by atoms with Crippen LogP contribution in [0, 0.1) is 13.8 Å². The summed E-state index contributed by atoms with van der Waals surface area (Å²) in [6.07, 6.45) is 10.9. The summed E-state index contributed by atoms with van der Waals surface area (Å²) in [6.45, 7) is 8.88. The molecule has 0 heterocycles. The number of ether oxygens (including phenoxy) is 1. The Balaban J connectivity index is 2.51. The van der Waals surface area contributed by atoms with Crippen molar-refractivity contribution in [2.45, 2.75) is 85.5 Å². The molecule has 0 saturated heterocycles. The first kappa shape index (κ1) is 20.5. The Hall–Kier alpha value is -1.51. The highest BCUT2D eigenvalue weighted by Gasteiger charge is 2.18. The van der Waals surface area contributed by atoms with Gasteiger partial charge in [0.1, 0.15) is 11.3 Å². The van der Waals surface area contributed by atoms with Gasteiger partial charge in [-0.05, 0) is 49.4 Å². The molecule has 1 N–H and O–H groups in total. The average Bonchev–Trinajstić information content (AvgIpc) is 2.54. The molecule has 1 rings (SSSR count). The number of carbonyl (C=O) groups is 1. The van der Waals surface area contributed by atoms with E-state index in [1.165, 1.54) is 44.1 Å². The molecule has 0 aliphatic carbocycles. The summed E-state index contributed by atoms with van der Waals surface area (Å²) in [5, 5.41) is 9.44. The molecule has 0 aliphatic heterocycles. The number of carboxylic acids is 1. The maximum Gasteiger partial charge on any atom is 0.339 e. The highest BCUT2D eigenvalue weighted by atomic mass is 16.5. The van der Waals surface area contributed by atoms with Crippen molar-refractivity contribution in [1.29, 1.82) is 0 Å². The lowest BCUT2D eigenvalue weighted by Crippen LogP contribution is -2.09. The summed E-state index contributed by atoms with van der Waals surface area (Å²) >= 11 is 0. The zero-order chi connectivity index (χ0) is 17.9. The molecular formula is C21H34O3. The predicted octanol–water partition coefficient (Wildman–Crippen LogP) is 6.08. The molecule has 0 spiro atoms. The Morgan fingerprint density at radius 3 is 2.12 bits per heavy atom. The maximum atomic E-state index is 11.5. The molecule has 24 heavy (non-hydrogen) atoms. The second kappa shape index (κ2) is 11.1. The zero-order valence-corrected chi connectivity index (χ0v) is 15.9. The molecule has 0 aliphatic rings. The van der Waals surface area contributed by atoms with E-state index in [1.807, 2.05) is 13.8 Å². The van der Waals surface area contributed by atoms with Crippen LogP contribution >= 0.6 is 0 Å². The van der Waals surface area contributed by atoms with Gasteiger partial charge >= 0.3 is 5.97 Å². The number of carboxylic acid groups (broad SMARTS) is 1. The van der Waals surface area contributed by atoms with Crippen LogP contribution in [0.3, 0.4) is 0 Å². The Kier molecular flexibility index (Phi) is 9.51. The molecule has 0 saturated carbocycles. The average molecular weight is 335 g/mol. The first-order chi connectivity index (χ1) is 11.5. The van der Waals surface area contributed by atoms with Gasteiger partial charge in [-0.2, -0.15) is 0 Å². The van der Waals surface area contributed by atoms with Gasteiger partial charge in [-0.15, -0.1) is 0 Å². The third kappa shape index (κ3) is 6.18. The number of unbranched alkanes of at least 4 members (excludes halogenated alkanes) is 7. The molecule has 1 aromatic carbocycles. The van der Waals surface area contributed by atoms with Crippen molar-refractivity contribution < 1.29 is 14.6 Å². The molecule has 0 radical (unpaired) electrons. The van der Waals surface area contributed by atoms with Gasteiger partial charge in [0, 0.05) is 0 Å². The van der Waals surface area contributed by atoms with Crippen LogP contribution in [0.15, 0.2) is 6.07 Å². The fraction of sp³-hybridized carbons (Fsp3) is 0.667. The number of aromatic carboxylic acids is 1. The molecular weight excluding hydrogens is 300 g/mol. The van der Waals surface area contributed by atoms with E-state index >= 15 is 0 Å². The van der Waals surface area contributed by atoms with Crippen molar-refractivity contribution in [2.75, 3.05) is 6.61 Å². The van der Waals surface area contributed by atoms with Gasteiger partial charge in [-0.3, -0.25) is 0 Å². The molecule has 3 heteroatoms. The standard InChI is InChI=1S/C21H34O3/c1-5-7-8-9-10-11-12-13-14-24-20-17(4)18(6-2)16(3)15-19(20)21(22)23/h15H,5-14H2,1-4H3,(H,22,23). The smallest absolute Gasteiger partial charge is 0.339 e. The van der Waals surface area contributed by atoms with Crippen LogP contribution in [0.2, 0.25) is 0 Å². The van der Waals surface area contributed by atoms with Crippen molar-refractivity contribution in [3.05, 3.63) is 28.3 Å². The summed E-state index contributed by atoms with van der Waals surface area (Å²) in [4.78, 5) is 11.5. The Morgan fingerprint density at radius 2 is 1.58 bits per heavy atom. The van der Waals surface area contributed by atoms with Gasteiger partial charge in [-0.25, -0.2) is 4.79 Å². The minimum Gasteiger partial charge on any atom is -0.492 e. The molecule has 136 valence electrons. The fourth-order valence-corrected chi connectivity index (χ4v) is 3.30. The lowest BCUT2D eigenvalue weighted by molar-refractivity contribution is 0.0691. The number of hydrogen-bond acceptors (Lipinski definition) is 2. The molecule has 0 unspecified atom stereocenters. The van der Waals surface area contributed by atoms with Crippen molar-refractivity contribution in [1.82, 2.24) is 0 Å². The van der Waals surface area contributed by atoms with E-state index in [4.69, 9.17) is 4.74 Å². The highest BCUT2D eigenvalue weighted by Crippen LogP contribution is 2.30. The fourth-order valence-electron chi connectivity index (χ4n) is 3.30. The number of rotatable bonds is 12. The van der Waals surface area contributed by atoms with Crippen LogP contribution < -0.4 is 4.74 Å². The lowest BCUT2D eigenvalue weighted by Gasteiger charge is -2.17. The van der Waals surface area contributed by atoms with E-state index in [2.05, 4.69) is 13.8 Å². The Bertz CT molecular complexity index is 520. The molecule has 0 atom stereocenters. The predicted molar refractivity (Wildman–Crippen MR) is 100 cm³/mol. The van der Waals surface area contributed by atoms with Crippen LogP contribution in [0.25, 0.3) is 0 Å². The van der Waals surface area contributed by atoms with Crippen molar-refractivity contribution in [3.8, 4) is 5.75 Å². The van der Waals surface area contributed by atoms with E-state index in [0.29, 0.717) is 17.9 Å². The SMILES string of the molecule is CCCCCCCCCCOc1c(C(=O)O)cc(C)c(CC)c1C. The van der Waals surface area contributed by atoms with Crippen molar-refractivity contribution in [2.24, 2.45) is 0 Å². The van der Waals surface area contributed by atoms with Gasteiger partial charge in [0.25, 0.3) is 0 Å². The second-order valence-corrected chi connectivity index (χ2v) is 6.66. The number of hydrogen-bond donors (Lipinski definition) is 1. The van der Waals surface area contributed by atoms with Gasteiger partial charge in [0.05, 0.1) is 6.61 Å². The monoisotopic (exact) mass is 334 g/mol. The quantitative estimate of drug-likeness (QED) is 0.471. The topological polar surface area (TPSA) is 46.5 Å². The molecule has 0 amide bonds. The van der Waals surface area contributed by atoms with Crippen LogP contribution in [0.4, 0.5) is 0 Å². The molecule has 0 bridgehead atoms. The first-order valence-corrected chi connectivity index (χ1v) is 9.52. The normalized spacial score (nSPS) is 10.8. The molecule has 3 nitrogen and oxygen atoms in total. The van der Waals surface area contributed by atoms with E-state index in [0.717, 1.165) is 30.4 Å². The largest absolute Gasteiger partial charge is 0.492 e. The minimum atomic E-state index is -0.908. The second-order valence-electron chi connectivity index (χ2n) is 6.66. The molecule has 0 aromatic heterocycles. The zero-order valence-electron chi connectivity index (χ0n) is 15.9. The molecule has 1 aromatic rings. The summed E-state index contributed by atoms with van der Waals surface area (Å²) < 4.78 is 5.89. The van der Waals surface area contributed by atoms with Crippen LogP contribution in [-0.4, -0.2) is 17.7 Å². The minimum absolute atomic E-state index is 0.293.